The van der Waals surface area contributed by atoms with Crippen LogP contribution < -0.4 is 10.9 Å². The maximum absolute atomic E-state index is 11.9. The number of aromatic hydroxyl groups is 1. The van der Waals surface area contributed by atoms with Crippen LogP contribution in [0.25, 0.3) is 0 Å². The molecule has 2 rings (SSSR count). The second-order valence-electron chi connectivity index (χ2n) is 4.41. The van der Waals surface area contributed by atoms with Crippen molar-refractivity contribution in [3.63, 3.8) is 0 Å². The molecular weight excluding hydrogens is 336 g/mol. The molecule has 6 heteroatoms. The second-order valence-corrected chi connectivity index (χ2v) is 5.26. The largest absolute Gasteiger partial charge is 0.507 e. The number of benzene rings is 2. The zero-order chi connectivity index (χ0) is 15.4. The molecule has 0 unspecified atom stereocenters. The van der Waals surface area contributed by atoms with Crippen LogP contribution in [0.4, 0.5) is 0 Å². The van der Waals surface area contributed by atoms with Crippen LogP contribution in [0.15, 0.2) is 46.9 Å². The Hall–Kier alpha value is -2.34. The summed E-state index contributed by atoms with van der Waals surface area (Å²) in [7, 11) is 0. The van der Waals surface area contributed by atoms with Crippen LogP contribution >= 0.6 is 15.9 Å². The van der Waals surface area contributed by atoms with Crippen molar-refractivity contribution < 1.29 is 14.7 Å². The van der Waals surface area contributed by atoms with Gasteiger partial charge in [0.2, 0.25) is 0 Å². The van der Waals surface area contributed by atoms with Gasteiger partial charge in [0.05, 0.1) is 11.1 Å². The molecule has 108 valence electrons. The highest BCUT2D eigenvalue weighted by molar-refractivity contribution is 9.10. The Morgan fingerprint density at radius 3 is 2.29 bits per heavy atom. The van der Waals surface area contributed by atoms with Gasteiger partial charge in [0.15, 0.2) is 0 Å². The van der Waals surface area contributed by atoms with E-state index in [1.807, 2.05) is 0 Å². The van der Waals surface area contributed by atoms with E-state index < -0.39 is 11.8 Å². The van der Waals surface area contributed by atoms with Crippen LogP contribution in [0.2, 0.25) is 0 Å². The van der Waals surface area contributed by atoms with E-state index in [0.29, 0.717) is 10.0 Å². The number of rotatable bonds is 2. The van der Waals surface area contributed by atoms with Crippen molar-refractivity contribution in [2.45, 2.75) is 6.92 Å². The van der Waals surface area contributed by atoms with Gasteiger partial charge in [0.1, 0.15) is 5.75 Å². The smallest absolute Gasteiger partial charge is 0.273 e. The Kier molecular flexibility index (Phi) is 4.59. The van der Waals surface area contributed by atoms with Gasteiger partial charge in [-0.1, -0.05) is 23.8 Å². The average molecular weight is 349 g/mol. The molecule has 0 aromatic heterocycles. The number of phenols is 1. The third kappa shape index (κ3) is 3.61. The minimum atomic E-state index is -0.586. The van der Waals surface area contributed by atoms with Gasteiger partial charge < -0.3 is 5.11 Å². The lowest BCUT2D eigenvalue weighted by atomic mass is 10.1. The molecule has 0 fully saturated rings. The number of nitrogens with one attached hydrogen (secondary N) is 2. The highest BCUT2D eigenvalue weighted by Gasteiger charge is 2.14. The first-order valence-corrected chi connectivity index (χ1v) is 6.93. The maximum atomic E-state index is 11.9. The first-order valence-electron chi connectivity index (χ1n) is 6.14. The summed E-state index contributed by atoms with van der Waals surface area (Å²) < 4.78 is 0.621. The predicted molar refractivity (Wildman–Crippen MR) is 81.9 cm³/mol. The Labute approximate surface area is 130 Å². The molecule has 0 spiro atoms. The van der Waals surface area contributed by atoms with Gasteiger partial charge in [-0.2, -0.15) is 0 Å². The molecule has 0 atom stereocenters. The van der Waals surface area contributed by atoms with Crippen LogP contribution in [0, 0.1) is 6.92 Å². The molecule has 0 radical (unpaired) electrons. The number of carbonyl (C=O) groups excluding carboxylic acids is 2. The molecule has 2 aromatic rings. The van der Waals surface area contributed by atoms with Crippen molar-refractivity contribution in [2.24, 2.45) is 0 Å². The van der Waals surface area contributed by atoms with E-state index in [2.05, 4.69) is 26.8 Å². The number of carbonyl (C=O) groups is 2. The molecule has 3 N–H and O–H groups in total. The van der Waals surface area contributed by atoms with Gasteiger partial charge in [0.25, 0.3) is 11.8 Å². The van der Waals surface area contributed by atoms with Crippen LogP contribution in [0.5, 0.6) is 5.75 Å². The second kappa shape index (κ2) is 6.41. The lowest BCUT2D eigenvalue weighted by Crippen LogP contribution is -2.41. The summed E-state index contributed by atoms with van der Waals surface area (Å²) in [5.41, 5.74) is 5.90. The van der Waals surface area contributed by atoms with E-state index in [1.54, 1.807) is 37.3 Å². The lowest BCUT2D eigenvalue weighted by molar-refractivity contribution is 0.0844. The third-order valence-electron chi connectivity index (χ3n) is 2.80. The maximum Gasteiger partial charge on any atom is 0.273 e. The molecule has 0 heterocycles. The molecular formula is C15H13BrN2O3. The third-order valence-corrected chi connectivity index (χ3v) is 3.50. The van der Waals surface area contributed by atoms with Gasteiger partial charge >= 0.3 is 0 Å². The Bertz CT molecular complexity index is 701. The fourth-order valence-electron chi connectivity index (χ4n) is 1.73. The molecule has 0 aliphatic rings. The van der Waals surface area contributed by atoms with Crippen molar-refractivity contribution in [1.29, 1.82) is 0 Å². The standard InChI is InChI=1S/C15H13BrN2O3/c1-9-6-7-13(19)11(8-9)15(21)18-17-14(20)10-4-2-3-5-12(10)16/h2-8,19H,1H3,(H,17,20)(H,18,21). The SMILES string of the molecule is Cc1ccc(O)c(C(=O)NNC(=O)c2ccccc2Br)c1. The van der Waals surface area contributed by atoms with Crippen molar-refractivity contribution in [3.05, 3.63) is 63.6 Å². The number of aryl methyl sites for hydroxylation is 1. The molecule has 5 nitrogen and oxygen atoms in total. The number of hydrazine groups is 1. The fourth-order valence-corrected chi connectivity index (χ4v) is 2.19. The molecule has 0 saturated carbocycles. The molecule has 0 saturated heterocycles. The highest BCUT2D eigenvalue weighted by atomic mass is 79.9. The van der Waals surface area contributed by atoms with Gasteiger partial charge in [-0.05, 0) is 47.1 Å². The molecule has 0 bridgehead atoms. The van der Waals surface area contributed by atoms with Gasteiger partial charge in [0, 0.05) is 4.47 Å². The minimum absolute atomic E-state index is 0.0995. The van der Waals surface area contributed by atoms with Crippen molar-refractivity contribution >= 4 is 27.7 Å². The summed E-state index contributed by atoms with van der Waals surface area (Å²) in [6.45, 7) is 1.80. The van der Waals surface area contributed by atoms with Crippen molar-refractivity contribution in [1.82, 2.24) is 10.9 Å². The molecule has 2 amide bonds. The van der Waals surface area contributed by atoms with Crippen molar-refractivity contribution in [2.75, 3.05) is 0 Å². The molecule has 0 aliphatic carbocycles. The molecule has 21 heavy (non-hydrogen) atoms. The summed E-state index contributed by atoms with van der Waals surface area (Å²) >= 11 is 3.26. The first-order chi connectivity index (χ1) is 9.99. The van der Waals surface area contributed by atoms with E-state index in [9.17, 15) is 14.7 Å². The Balaban J connectivity index is 2.06. The summed E-state index contributed by atoms with van der Waals surface area (Å²) in [5.74, 6) is -1.19. The van der Waals surface area contributed by atoms with Gasteiger partial charge in [-0.3, -0.25) is 20.4 Å². The Morgan fingerprint density at radius 1 is 1.00 bits per heavy atom. The zero-order valence-corrected chi connectivity index (χ0v) is 12.8. The first kappa shape index (κ1) is 15.1. The van der Waals surface area contributed by atoms with E-state index in [4.69, 9.17) is 0 Å². The summed E-state index contributed by atoms with van der Waals surface area (Å²) in [5, 5.41) is 9.65. The zero-order valence-electron chi connectivity index (χ0n) is 11.2. The minimum Gasteiger partial charge on any atom is -0.507 e. The summed E-state index contributed by atoms with van der Waals surface area (Å²) in [4.78, 5) is 23.9. The molecule has 2 aromatic carbocycles. The van der Waals surface area contributed by atoms with Crippen LogP contribution in [-0.2, 0) is 0 Å². The number of phenolic OH excluding ortho intramolecular Hbond substituents is 1. The van der Waals surface area contributed by atoms with E-state index in [0.717, 1.165) is 5.56 Å². The van der Waals surface area contributed by atoms with E-state index >= 15 is 0 Å². The normalized spacial score (nSPS) is 10.0. The number of hydrogen-bond acceptors (Lipinski definition) is 3. The number of amides is 2. The van der Waals surface area contributed by atoms with Crippen LogP contribution in [0.3, 0.4) is 0 Å². The predicted octanol–water partition coefficient (Wildman–Crippen LogP) is 2.54. The van der Waals surface area contributed by atoms with Crippen LogP contribution in [0.1, 0.15) is 26.3 Å². The van der Waals surface area contributed by atoms with Crippen LogP contribution in [-0.4, -0.2) is 16.9 Å². The summed E-state index contributed by atoms with van der Waals surface area (Å²) in [6.07, 6.45) is 0. The van der Waals surface area contributed by atoms with E-state index in [-0.39, 0.29) is 11.3 Å². The highest BCUT2D eigenvalue weighted by Crippen LogP contribution is 2.18. The monoisotopic (exact) mass is 348 g/mol. The average Bonchev–Trinajstić information content (AvgIpc) is 2.47. The molecule has 0 aliphatic heterocycles. The topological polar surface area (TPSA) is 78.4 Å². The number of hydrogen-bond donors (Lipinski definition) is 3. The summed E-state index contributed by atoms with van der Waals surface area (Å²) in [6, 6.07) is 11.5. The lowest BCUT2D eigenvalue weighted by Gasteiger charge is -2.10. The van der Waals surface area contributed by atoms with Gasteiger partial charge in [-0.25, -0.2) is 0 Å². The van der Waals surface area contributed by atoms with Crippen molar-refractivity contribution in [3.8, 4) is 5.75 Å². The van der Waals surface area contributed by atoms with Gasteiger partial charge in [-0.15, -0.1) is 0 Å². The number of halogens is 1. The quantitative estimate of drug-likeness (QED) is 0.729. The van der Waals surface area contributed by atoms with E-state index in [1.165, 1.54) is 12.1 Å². The Morgan fingerprint density at radius 2 is 1.62 bits per heavy atom. The fraction of sp³-hybridized carbons (Fsp3) is 0.0667.